The van der Waals surface area contributed by atoms with Gasteiger partial charge in [-0.3, -0.25) is 14.1 Å². The zero-order valence-electron chi connectivity index (χ0n) is 21.0. The molecular formula is C28H34Br2FNO3S. The van der Waals surface area contributed by atoms with Crippen LogP contribution in [-0.4, -0.2) is 49.0 Å². The summed E-state index contributed by atoms with van der Waals surface area (Å²) in [5.74, 6) is 2.14. The fraction of sp³-hybridized carbons (Fsp3) is 0.464. The Morgan fingerprint density at radius 1 is 1.17 bits per heavy atom. The van der Waals surface area contributed by atoms with Crippen LogP contribution in [0.1, 0.15) is 51.2 Å². The van der Waals surface area contributed by atoms with Crippen molar-refractivity contribution in [3.05, 3.63) is 58.1 Å². The van der Waals surface area contributed by atoms with Gasteiger partial charge in [-0.1, -0.05) is 28.1 Å². The predicted octanol–water partition coefficient (Wildman–Crippen LogP) is 7.68. The average molecular weight is 643 g/mol. The summed E-state index contributed by atoms with van der Waals surface area (Å²) < 4.78 is 25.5. The van der Waals surface area contributed by atoms with E-state index in [9.17, 15) is 9.18 Å². The third-order valence-corrected chi connectivity index (χ3v) is 8.03. The van der Waals surface area contributed by atoms with Gasteiger partial charge in [0.1, 0.15) is 17.6 Å². The van der Waals surface area contributed by atoms with Gasteiger partial charge >= 0.3 is 5.97 Å². The molecule has 1 unspecified atom stereocenters. The van der Waals surface area contributed by atoms with E-state index in [4.69, 9.17) is 9.47 Å². The molecule has 0 amide bonds. The molecule has 0 saturated carbocycles. The highest BCUT2D eigenvalue weighted by Crippen LogP contribution is 2.43. The highest BCUT2D eigenvalue weighted by molar-refractivity contribution is 9.11. The molecule has 1 atom stereocenters. The first kappa shape index (κ1) is 29.2. The van der Waals surface area contributed by atoms with E-state index in [2.05, 4.69) is 33.0 Å². The topological polar surface area (TPSA) is 38.8 Å². The average Bonchev–Trinajstić information content (AvgIpc) is 3.19. The van der Waals surface area contributed by atoms with Crippen LogP contribution in [0.4, 0.5) is 4.39 Å². The molecule has 8 heteroatoms. The van der Waals surface area contributed by atoms with Crippen molar-refractivity contribution in [3.8, 4) is 11.5 Å². The minimum atomic E-state index is -0.553. The van der Waals surface area contributed by atoms with E-state index in [0.29, 0.717) is 12.2 Å². The van der Waals surface area contributed by atoms with Gasteiger partial charge in [-0.2, -0.15) is 0 Å². The summed E-state index contributed by atoms with van der Waals surface area (Å²) in [6, 6.07) is 14.2. The van der Waals surface area contributed by atoms with Crippen molar-refractivity contribution in [1.82, 2.24) is 4.90 Å². The van der Waals surface area contributed by atoms with Gasteiger partial charge in [-0.25, -0.2) is 0 Å². The number of thioether (sulfide) groups is 1. The lowest BCUT2D eigenvalue weighted by atomic mass is 9.96. The van der Waals surface area contributed by atoms with Gasteiger partial charge in [-0.15, -0.1) is 28.7 Å². The van der Waals surface area contributed by atoms with Crippen LogP contribution >= 0.6 is 44.7 Å². The van der Waals surface area contributed by atoms with E-state index in [1.807, 2.05) is 51.1 Å². The van der Waals surface area contributed by atoms with Crippen LogP contribution in [0.2, 0.25) is 0 Å². The highest BCUT2D eigenvalue weighted by atomic mass is 79.9. The van der Waals surface area contributed by atoms with E-state index in [1.165, 1.54) is 0 Å². The number of rotatable bonds is 7. The Balaban J connectivity index is 0.00000361. The molecule has 1 saturated heterocycles. The number of carbonyl (C=O) groups is 1. The first-order chi connectivity index (χ1) is 16.7. The van der Waals surface area contributed by atoms with Crippen molar-refractivity contribution in [3.63, 3.8) is 0 Å². The molecule has 2 aliphatic heterocycles. The van der Waals surface area contributed by atoms with Gasteiger partial charge in [0.2, 0.25) is 0 Å². The molecular weight excluding hydrogens is 609 g/mol. The third-order valence-electron chi connectivity index (χ3n) is 6.18. The Morgan fingerprint density at radius 3 is 2.58 bits per heavy atom. The largest absolute Gasteiger partial charge is 0.489 e. The summed E-state index contributed by atoms with van der Waals surface area (Å²) in [4.78, 5) is 15.7. The molecule has 0 N–H and O–H groups in total. The molecule has 2 aromatic carbocycles. The quantitative estimate of drug-likeness (QED) is 0.229. The molecule has 2 heterocycles. The molecule has 2 aromatic rings. The Labute approximate surface area is 236 Å². The van der Waals surface area contributed by atoms with Gasteiger partial charge in [-0.05, 0) is 81.5 Å². The lowest BCUT2D eigenvalue weighted by Crippen LogP contribution is -2.26. The fourth-order valence-corrected chi connectivity index (χ4v) is 6.21. The molecule has 4 nitrogen and oxygen atoms in total. The summed E-state index contributed by atoms with van der Waals surface area (Å²) in [6.45, 7) is 7.91. The normalized spacial score (nSPS) is 18.3. The van der Waals surface area contributed by atoms with Crippen LogP contribution in [0.5, 0.6) is 11.5 Å². The van der Waals surface area contributed by atoms with Crippen LogP contribution in [-0.2, 0) is 4.79 Å². The van der Waals surface area contributed by atoms with Crippen LogP contribution < -0.4 is 9.47 Å². The van der Waals surface area contributed by atoms with Crippen molar-refractivity contribution in [2.24, 2.45) is 5.41 Å². The Kier molecular flexibility index (Phi) is 10.5. The number of ether oxygens (including phenoxy) is 2. The van der Waals surface area contributed by atoms with Gasteiger partial charge in [0.15, 0.2) is 0 Å². The number of likely N-dealkylation sites (tertiary alicyclic amines) is 1. The van der Waals surface area contributed by atoms with Crippen LogP contribution in [0, 0.1) is 5.41 Å². The molecule has 0 aromatic heterocycles. The number of nitrogens with zero attached hydrogens (tertiary/aromatic N) is 1. The summed E-state index contributed by atoms with van der Waals surface area (Å²) in [5, 5.41) is 0. The van der Waals surface area contributed by atoms with Crippen molar-refractivity contribution < 1.29 is 18.7 Å². The second-order valence-electron chi connectivity index (χ2n) is 10.1. The first-order valence-electron chi connectivity index (χ1n) is 12.2. The number of esters is 1. The number of benzene rings is 2. The highest BCUT2D eigenvalue weighted by Gasteiger charge is 2.26. The Morgan fingerprint density at radius 2 is 1.89 bits per heavy atom. The van der Waals surface area contributed by atoms with E-state index in [1.54, 1.807) is 11.8 Å². The van der Waals surface area contributed by atoms with E-state index in [0.717, 1.165) is 70.1 Å². The minimum absolute atomic E-state index is 0. The van der Waals surface area contributed by atoms with Crippen LogP contribution in [0.3, 0.4) is 0 Å². The minimum Gasteiger partial charge on any atom is -0.489 e. The van der Waals surface area contributed by atoms with E-state index < -0.39 is 5.41 Å². The third kappa shape index (κ3) is 7.36. The molecule has 0 aliphatic carbocycles. The van der Waals surface area contributed by atoms with Crippen molar-refractivity contribution in [1.29, 1.82) is 0 Å². The van der Waals surface area contributed by atoms with Crippen molar-refractivity contribution in [2.45, 2.75) is 51.0 Å². The van der Waals surface area contributed by atoms with E-state index in [-0.39, 0.29) is 35.7 Å². The smallest absolute Gasteiger partial charge is 0.316 e. The monoisotopic (exact) mass is 641 g/mol. The van der Waals surface area contributed by atoms with Gasteiger partial charge in [0.05, 0.1) is 12.1 Å². The molecule has 0 bridgehead atoms. The molecule has 0 radical (unpaired) electrons. The molecule has 2 aliphatic rings. The van der Waals surface area contributed by atoms with Crippen molar-refractivity contribution in [2.75, 3.05) is 32.1 Å². The number of fused-ring (bicyclic) bond motifs is 1. The molecule has 0 spiro atoms. The summed E-state index contributed by atoms with van der Waals surface area (Å²) >= 11 is 5.61. The molecule has 36 heavy (non-hydrogen) atoms. The number of carbonyl (C=O) groups excluding carboxylic acids is 1. The number of hydrogen-bond donors (Lipinski definition) is 0. The van der Waals surface area contributed by atoms with Crippen LogP contribution in [0.25, 0.3) is 5.57 Å². The zero-order valence-corrected chi connectivity index (χ0v) is 25.1. The number of halogens is 3. The number of allylic oxidation sites excluding steroid dienone is 1. The summed E-state index contributed by atoms with van der Waals surface area (Å²) in [6.07, 6.45) is 2.62. The SMILES string of the molecule is Br.CC(C)(C)C(=O)Oc1ccc2c(c1)SCCC(Br)=C2c1ccc(OC2CCN(CCCF)C2)cc1. The maximum atomic E-state index is 12.5. The predicted molar refractivity (Wildman–Crippen MR) is 155 cm³/mol. The number of hydrogen-bond acceptors (Lipinski definition) is 5. The Bertz CT molecular complexity index is 1090. The summed E-state index contributed by atoms with van der Waals surface area (Å²) in [7, 11) is 0. The van der Waals surface area contributed by atoms with Gasteiger partial charge < -0.3 is 9.47 Å². The molecule has 4 rings (SSSR count). The standard InChI is InChI=1S/C28H33BrFNO3S.BrH/c1-28(2,3)27(32)34-21-9-10-23-25(17-21)35-16-12-24(29)26(23)19-5-7-20(8-6-19)33-22-11-15-31(18-22)14-4-13-30;/h5-10,17,22H,4,11-16,18H2,1-3H3;1H. The second kappa shape index (κ2) is 12.9. The number of alkyl halides is 1. The van der Waals surface area contributed by atoms with Gasteiger partial charge in [0, 0.05) is 40.3 Å². The molecule has 196 valence electrons. The maximum absolute atomic E-state index is 12.5. The van der Waals surface area contributed by atoms with Crippen LogP contribution in [0.15, 0.2) is 51.8 Å². The lowest BCUT2D eigenvalue weighted by Gasteiger charge is -2.18. The molecule has 1 fully saturated rings. The Hall–Kier alpha value is -1.35. The first-order valence-corrected chi connectivity index (χ1v) is 14.0. The van der Waals surface area contributed by atoms with E-state index >= 15 is 0 Å². The maximum Gasteiger partial charge on any atom is 0.316 e. The summed E-state index contributed by atoms with van der Waals surface area (Å²) in [5.41, 5.74) is 2.85. The zero-order chi connectivity index (χ0) is 25.0. The fourth-order valence-electron chi connectivity index (χ4n) is 4.26. The second-order valence-corrected chi connectivity index (χ2v) is 12.2. The van der Waals surface area contributed by atoms with Gasteiger partial charge in [0.25, 0.3) is 0 Å². The lowest BCUT2D eigenvalue weighted by molar-refractivity contribution is -0.143. The van der Waals surface area contributed by atoms with Crippen molar-refractivity contribution >= 4 is 56.2 Å².